The Hall–Kier alpha value is -2.38. The zero-order chi connectivity index (χ0) is 18.8. The maximum absolute atomic E-state index is 12.4. The summed E-state index contributed by atoms with van der Waals surface area (Å²) in [4.78, 5) is 34.0. The largest absolute Gasteiger partial charge is 0.450 e. The quantitative estimate of drug-likeness (QED) is 0.689. The Kier molecular flexibility index (Phi) is 8.11. The van der Waals surface area contributed by atoms with E-state index < -0.39 is 0 Å². The Bertz CT molecular complexity index is 588. The maximum Gasteiger partial charge on any atom is 0.409 e. The number of unbranched alkanes of at least 4 members (excludes halogenated alkanes) is 2. The first-order chi connectivity index (χ1) is 12.6. The molecule has 0 unspecified atom stereocenters. The van der Waals surface area contributed by atoms with E-state index in [1.165, 1.54) is 6.33 Å². The molecule has 0 radical (unpaired) electrons. The highest BCUT2D eigenvalue weighted by Crippen LogP contribution is 2.13. The van der Waals surface area contributed by atoms with Crippen LogP contribution >= 0.6 is 0 Å². The van der Waals surface area contributed by atoms with Gasteiger partial charge in [-0.05, 0) is 26.2 Å². The number of piperidine rings is 1. The SMILES string of the molecule is CCCCCNc1cc(C(=O)NC2CCN(C(=O)OCC)CC2)ncn1. The predicted molar refractivity (Wildman–Crippen MR) is 99.1 cm³/mol. The minimum absolute atomic E-state index is 0.0316. The van der Waals surface area contributed by atoms with Gasteiger partial charge in [-0.15, -0.1) is 0 Å². The van der Waals surface area contributed by atoms with Crippen LogP contribution in [0.4, 0.5) is 10.6 Å². The van der Waals surface area contributed by atoms with Crippen molar-refractivity contribution in [2.45, 2.75) is 52.0 Å². The van der Waals surface area contributed by atoms with Gasteiger partial charge in [-0.25, -0.2) is 14.8 Å². The fourth-order valence-electron chi connectivity index (χ4n) is 2.85. The smallest absolute Gasteiger partial charge is 0.409 e. The van der Waals surface area contributed by atoms with Crippen LogP contribution in [0.15, 0.2) is 12.4 Å². The first-order valence-corrected chi connectivity index (χ1v) is 9.42. The number of carbonyl (C=O) groups is 2. The number of carbonyl (C=O) groups excluding carboxylic acids is 2. The second-order valence-corrected chi connectivity index (χ2v) is 6.36. The van der Waals surface area contributed by atoms with Gasteiger partial charge in [0.25, 0.3) is 5.91 Å². The predicted octanol–water partition coefficient (Wildman–Crippen LogP) is 2.43. The highest BCUT2D eigenvalue weighted by atomic mass is 16.6. The van der Waals surface area contributed by atoms with E-state index in [2.05, 4.69) is 27.5 Å². The topological polar surface area (TPSA) is 96.5 Å². The second kappa shape index (κ2) is 10.6. The van der Waals surface area contributed by atoms with Crippen molar-refractivity contribution in [3.8, 4) is 0 Å². The van der Waals surface area contributed by atoms with E-state index in [1.807, 2.05) is 0 Å². The molecular weight excluding hydrogens is 334 g/mol. The van der Waals surface area contributed by atoms with Crippen molar-refractivity contribution in [3.05, 3.63) is 18.1 Å². The van der Waals surface area contributed by atoms with E-state index >= 15 is 0 Å². The van der Waals surface area contributed by atoms with E-state index in [9.17, 15) is 9.59 Å². The lowest BCUT2D eigenvalue weighted by Gasteiger charge is -2.31. The van der Waals surface area contributed by atoms with E-state index in [1.54, 1.807) is 17.9 Å². The van der Waals surface area contributed by atoms with Crippen LogP contribution in [-0.2, 0) is 4.74 Å². The molecule has 1 fully saturated rings. The maximum atomic E-state index is 12.4. The number of nitrogens with one attached hydrogen (secondary N) is 2. The Morgan fingerprint density at radius 3 is 2.69 bits per heavy atom. The molecule has 8 heteroatoms. The monoisotopic (exact) mass is 363 g/mol. The van der Waals surface area contributed by atoms with Crippen LogP contribution in [0.25, 0.3) is 0 Å². The van der Waals surface area contributed by atoms with Gasteiger partial charge in [0.2, 0.25) is 0 Å². The molecule has 144 valence electrons. The lowest BCUT2D eigenvalue weighted by Crippen LogP contribution is -2.46. The Labute approximate surface area is 154 Å². The second-order valence-electron chi connectivity index (χ2n) is 6.36. The summed E-state index contributed by atoms with van der Waals surface area (Å²) in [5.74, 6) is 0.456. The highest BCUT2D eigenvalue weighted by Gasteiger charge is 2.25. The van der Waals surface area contributed by atoms with E-state index in [-0.39, 0.29) is 18.0 Å². The first-order valence-electron chi connectivity index (χ1n) is 9.42. The van der Waals surface area contributed by atoms with E-state index in [0.29, 0.717) is 44.0 Å². The fraction of sp³-hybridized carbons (Fsp3) is 0.667. The van der Waals surface area contributed by atoms with Gasteiger partial charge in [0.1, 0.15) is 17.8 Å². The number of nitrogens with zero attached hydrogens (tertiary/aromatic N) is 3. The number of likely N-dealkylation sites (tertiary alicyclic amines) is 1. The molecule has 0 saturated carbocycles. The minimum atomic E-state index is -0.285. The molecule has 1 aliphatic heterocycles. The number of anilines is 1. The van der Waals surface area contributed by atoms with Gasteiger partial charge >= 0.3 is 6.09 Å². The number of hydrogen-bond acceptors (Lipinski definition) is 6. The first kappa shape index (κ1) is 19.9. The molecule has 1 saturated heterocycles. The summed E-state index contributed by atoms with van der Waals surface area (Å²) in [7, 11) is 0. The molecule has 2 heterocycles. The van der Waals surface area contributed by atoms with Crippen LogP contribution < -0.4 is 10.6 Å². The van der Waals surface area contributed by atoms with Crippen molar-refractivity contribution >= 4 is 17.8 Å². The van der Waals surface area contributed by atoms with Gasteiger partial charge in [0.15, 0.2) is 0 Å². The number of hydrogen-bond donors (Lipinski definition) is 2. The fourth-order valence-corrected chi connectivity index (χ4v) is 2.85. The van der Waals surface area contributed by atoms with Gasteiger partial charge in [-0.1, -0.05) is 19.8 Å². The average molecular weight is 363 g/mol. The summed E-state index contributed by atoms with van der Waals surface area (Å²) in [5, 5.41) is 6.21. The van der Waals surface area contributed by atoms with Crippen LogP contribution in [0, 0.1) is 0 Å². The van der Waals surface area contributed by atoms with Gasteiger partial charge in [-0.3, -0.25) is 4.79 Å². The van der Waals surface area contributed by atoms with Crippen LogP contribution in [0.1, 0.15) is 56.4 Å². The molecule has 2 rings (SSSR count). The molecule has 0 atom stereocenters. The molecule has 0 spiro atoms. The zero-order valence-electron chi connectivity index (χ0n) is 15.7. The molecule has 26 heavy (non-hydrogen) atoms. The normalized spacial score (nSPS) is 14.8. The molecule has 1 aliphatic rings. The molecule has 1 aromatic rings. The van der Waals surface area contributed by atoms with Crippen molar-refractivity contribution in [1.82, 2.24) is 20.2 Å². The Balaban J connectivity index is 1.80. The highest BCUT2D eigenvalue weighted by molar-refractivity contribution is 5.93. The van der Waals surface area contributed by atoms with Gasteiger partial charge in [0.05, 0.1) is 6.61 Å². The summed E-state index contributed by atoms with van der Waals surface area (Å²) < 4.78 is 5.00. The number of ether oxygens (including phenoxy) is 1. The number of amides is 2. The van der Waals surface area contributed by atoms with E-state index in [0.717, 1.165) is 25.8 Å². The van der Waals surface area contributed by atoms with Crippen molar-refractivity contribution in [2.24, 2.45) is 0 Å². The third-order valence-electron chi connectivity index (χ3n) is 4.34. The number of rotatable bonds is 8. The zero-order valence-corrected chi connectivity index (χ0v) is 15.7. The Morgan fingerprint density at radius 1 is 1.23 bits per heavy atom. The lowest BCUT2D eigenvalue weighted by atomic mass is 10.1. The minimum Gasteiger partial charge on any atom is -0.450 e. The van der Waals surface area contributed by atoms with Crippen LogP contribution in [0.5, 0.6) is 0 Å². The molecule has 1 aromatic heterocycles. The molecule has 2 amide bonds. The van der Waals surface area contributed by atoms with Gasteiger partial charge < -0.3 is 20.3 Å². The van der Waals surface area contributed by atoms with Gasteiger partial charge in [0, 0.05) is 31.7 Å². The van der Waals surface area contributed by atoms with Crippen LogP contribution in [0.2, 0.25) is 0 Å². The third kappa shape index (κ3) is 6.16. The summed E-state index contributed by atoms with van der Waals surface area (Å²) in [6.07, 6.45) is 5.92. The molecule has 8 nitrogen and oxygen atoms in total. The van der Waals surface area contributed by atoms with E-state index in [4.69, 9.17) is 4.74 Å². The van der Waals surface area contributed by atoms with Crippen LogP contribution in [0.3, 0.4) is 0 Å². The lowest BCUT2D eigenvalue weighted by molar-refractivity contribution is 0.0856. The molecule has 0 aromatic carbocycles. The number of aromatic nitrogens is 2. The summed E-state index contributed by atoms with van der Waals surface area (Å²) in [6, 6.07) is 1.71. The molecule has 2 N–H and O–H groups in total. The van der Waals surface area contributed by atoms with Gasteiger partial charge in [-0.2, -0.15) is 0 Å². The summed E-state index contributed by atoms with van der Waals surface area (Å²) in [5.41, 5.74) is 0.353. The summed E-state index contributed by atoms with van der Waals surface area (Å²) in [6.45, 7) is 6.32. The van der Waals surface area contributed by atoms with Crippen molar-refractivity contribution in [3.63, 3.8) is 0 Å². The standard InChI is InChI=1S/C18H29N5O3/c1-3-5-6-9-19-16-12-15(20-13-21-16)17(24)22-14-7-10-23(11-8-14)18(25)26-4-2/h12-14H,3-11H2,1-2H3,(H,22,24)(H,19,20,21). The average Bonchev–Trinajstić information content (AvgIpc) is 2.66. The van der Waals surface area contributed by atoms with Crippen molar-refractivity contribution < 1.29 is 14.3 Å². The van der Waals surface area contributed by atoms with Crippen molar-refractivity contribution in [2.75, 3.05) is 31.6 Å². The Morgan fingerprint density at radius 2 is 2.00 bits per heavy atom. The van der Waals surface area contributed by atoms with Crippen LogP contribution in [-0.4, -0.2) is 59.2 Å². The molecule has 0 bridgehead atoms. The summed E-state index contributed by atoms with van der Waals surface area (Å²) >= 11 is 0. The molecule has 0 aliphatic carbocycles. The molecular formula is C18H29N5O3. The third-order valence-corrected chi connectivity index (χ3v) is 4.34. The van der Waals surface area contributed by atoms with Crippen molar-refractivity contribution in [1.29, 1.82) is 0 Å².